The maximum atomic E-state index is 13.0. The fourth-order valence-corrected chi connectivity index (χ4v) is 2.20. The van der Waals surface area contributed by atoms with Crippen LogP contribution in [0, 0.1) is 5.82 Å². The van der Waals surface area contributed by atoms with E-state index in [1.807, 2.05) is 12.1 Å². The second kappa shape index (κ2) is 7.05. The molecule has 0 radical (unpaired) electrons. The summed E-state index contributed by atoms with van der Waals surface area (Å²) in [6.07, 6.45) is 1.88. The number of rotatable bonds is 6. The number of nitrogens with one attached hydrogen (secondary N) is 1. The van der Waals surface area contributed by atoms with E-state index in [0.717, 1.165) is 24.9 Å². The Morgan fingerprint density at radius 1 is 1.00 bits per heavy atom. The lowest BCUT2D eigenvalue weighted by molar-refractivity contribution is 0.547. The van der Waals surface area contributed by atoms with Gasteiger partial charge in [-0.1, -0.05) is 42.5 Å². The molecule has 19 heavy (non-hydrogen) atoms. The molecule has 0 aliphatic rings. The highest BCUT2D eigenvalue weighted by Crippen LogP contribution is 2.05. The van der Waals surface area contributed by atoms with Crippen molar-refractivity contribution in [2.24, 2.45) is 0 Å². The van der Waals surface area contributed by atoms with Crippen LogP contribution in [0.5, 0.6) is 0 Å². The molecule has 0 aromatic heterocycles. The van der Waals surface area contributed by atoms with Gasteiger partial charge in [-0.2, -0.15) is 0 Å². The van der Waals surface area contributed by atoms with Crippen LogP contribution < -0.4 is 5.32 Å². The Balaban J connectivity index is 1.73. The van der Waals surface area contributed by atoms with Crippen LogP contribution in [0.1, 0.15) is 18.1 Å². The zero-order chi connectivity index (χ0) is 13.5. The monoisotopic (exact) mass is 257 g/mol. The lowest BCUT2D eigenvalue weighted by Gasteiger charge is -2.13. The maximum Gasteiger partial charge on any atom is 0.123 e. The van der Waals surface area contributed by atoms with Gasteiger partial charge in [-0.3, -0.25) is 0 Å². The zero-order valence-corrected chi connectivity index (χ0v) is 11.3. The molecule has 1 unspecified atom stereocenters. The number of halogens is 1. The van der Waals surface area contributed by atoms with Crippen molar-refractivity contribution in [2.75, 3.05) is 6.54 Å². The SMILES string of the molecule is CC(Cc1ccccc1)NCCc1cccc(F)c1. The van der Waals surface area contributed by atoms with Gasteiger partial charge >= 0.3 is 0 Å². The third-order valence-electron chi connectivity index (χ3n) is 3.18. The summed E-state index contributed by atoms with van der Waals surface area (Å²) >= 11 is 0. The van der Waals surface area contributed by atoms with Gasteiger partial charge in [0.2, 0.25) is 0 Å². The van der Waals surface area contributed by atoms with E-state index in [2.05, 4.69) is 36.5 Å². The van der Waals surface area contributed by atoms with Gasteiger partial charge < -0.3 is 5.32 Å². The average molecular weight is 257 g/mol. The third-order valence-corrected chi connectivity index (χ3v) is 3.18. The summed E-state index contributed by atoms with van der Waals surface area (Å²) in [7, 11) is 0. The molecule has 1 N–H and O–H groups in total. The number of hydrogen-bond donors (Lipinski definition) is 1. The van der Waals surface area contributed by atoms with E-state index in [1.165, 1.54) is 11.6 Å². The summed E-state index contributed by atoms with van der Waals surface area (Å²) in [6, 6.07) is 17.7. The normalized spacial score (nSPS) is 12.3. The molecule has 0 aliphatic carbocycles. The van der Waals surface area contributed by atoms with Crippen molar-refractivity contribution in [3.8, 4) is 0 Å². The van der Waals surface area contributed by atoms with Gasteiger partial charge in [0.1, 0.15) is 5.82 Å². The highest BCUT2D eigenvalue weighted by Gasteiger charge is 2.02. The molecule has 0 amide bonds. The Hall–Kier alpha value is -1.67. The third kappa shape index (κ3) is 4.84. The fraction of sp³-hybridized carbons (Fsp3) is 0.294. The Bertz CT molecular complexity index is 496. The molecule has 100 valence electrons. The van der Waals surface area contributed by atoms with E-state index >= 15 is 0 Å². The molecule has 2 rings (SSSR count). The van der Waals surface area contributed by atoms with Gasteiger partial charge in [0.15, 0.2) is 0 Å². The molecule has 2 aromatic rings. The first-order valence-corrected chi connectivity index (χ1v) is 6.76. The minimum absolute atomic E-state index is 0.158. The fourth-order valence-electron chi connectivity index (χ4n) is 2.20. The van der Waals surface area contributed by atoms with Crippen molar-refractivity contribution in [2.45, 2.75) is 25.8 Å². The minimum atomic E-state index is -0.158. The summed E-state index contributed by atoms with van der Waals surface area (Å²) in [4.78, 5) is 0. The molecule has 1 nitrogen and oxygen atoms in total. The van der Waals surface area contributed by atoms with Crippen LogP contribution in [-0.2, 0) is 12.8 Å². The van der Waals surface area contributed by atoms with E-state index in [4.69, 9.17) is 0 Å². The van der Waals surface area contributed by atoms with Crippen LogP contribution >= 0.6 is 0 Å². The topological polar surface area (TPSA) is 12.0 Å². The van der Waals surface area contributed by atoms with Gasteiger partial charge in [-0.25, -0.2) is 4.39 Å². The Kier molecular flexibility index (Phi) is 5.10. The van der Waals surface area contributed by atoms with Crippen molar-refractivity contribution in [1.82, 2.24) is 5.32 Å². The van der Waals surface area contributed by atoms with Crippen molar-refractivity contribution in [3.63, 3.8) is 0 Å². The van der Waals surface area contributed by atoms with Crippen LogP contribution in [0.2, 0.25) is 0 Å². The Labute approximate surface area is 114 Å². The molecule has 0 spiro atoms. The second-order valence-electron chi connectivity index (χ2n) is 4.92. The quantitative estimate of drug-likeness (QED) is 0.834. The minimum Gasteiger partial charge on any atom is -0.314 e. The van der Waals surface area contributed by atoms with Crippen molar-refractivity contribution in [1.29, 1.82) is 0 Å². The molecule has 0 bridgehead atoms. The summed E-state index contributed by atoms with van der Waals surface area (Å²) in [6.45, 7) is 3.05. The van der Waals surface area contributed by atoms with E-state index < -0.39 is 0 Å². The summed E-state index contributed by atoms with van der Waals surface area (Å²) in [5.41, 5.74) is 2.38. The van der Waals surface area contributed by atoms with Gasteiger partial charge in [0.05, 0.1) is 0 Å². The average Bonchev–Trinajstić information content (AvgIpc) is 2.40. The van der Waals surface area contributed by atoms with Crippen LogP contribution in [0.15, 0.2) is 54.6 Å². The molecule has 0 fully saturated rings. The van der Waals surface area contributed by atoms with E-state index in [0.29, 0.717) is 6.04 Å². The predicted molar refractivity (Wildman–Crippen MR) is 77.7 cm³/mol. The predicted octanol–water partition coefficient (Wildman–Crippen LogP) is 3.59. The Morgan fingerprint density at radius 3 is 2.47 bits per heavy atom. The molecule has 0 saturated heterocycles. The lowest BCUT2D eigenvalue weighted by Crippen LogP contribution is -2.29. The summed E-state index contributed by atoms with van der Waals surface area (Å²) < 4.78 is 13.0. The zero-order valence-electron chi connectivity index (χ0n) is 11.3. The molecule has 1 atom stereocenters. The molecule has 0 heterocycles. The highest BCUT2D eigenvalue weighted by atomic mass is 19.1. The largest absolute Gasteiger partial charge is 0.314 e. The van der Waals surface area contributed by atoms with Crippen LogP contribution in [0.25, 0.3) is 0 Å². The van der Waals surface area contributed by atoms with Crippen LogP contribution in [0.4, 0.5) is 4.39 Å². The summed E-state index contributed by atoms with van der Waals surface area (Å²) in [5, 5.41) is 3.48. The van der Waals surface area contributed by atoms with Crippen LogP contribution in [0.3, 0.4) is 0 Å². The lowest BCUT2D eigenvalue weighted by atomic mass is 10.1. The first-order valence-electron chi connectivity index (χ1n) is 6.76. The Morgan fingerprint density at radius 2 is 1.74 bits per heavy atom. The van der Waals surface area contributed by atoms with Gasteiger partial charge in [0.25, 0.3) is 0 Å². The van der Waals surface area contributed by atoms with Crippen molar-refractivity contribution < 1.29 is 4.39 Å². The van der Waals surface area contributed by atoms with E-state index in [9.17, 15) is 4.39 Å². The first-order chi connectivity index (χ1) is 9.24. The summed E-state index contributed by atoms with van der Waals surface area (Å²) in [5.74, 6) is -0.158. The maximum absolute atomic E-state index is 13.0. The highest BCUT2D eigenvalue weighted by molar-refractivity contribution is 5.17. The standard InChI is InChI=1S/C17H20FN/c1-14(12-15-6-3-2-4-7-15)19-11-10-16-8-5-9-17(18)13-16/h2-9,13-14,19H,10-12H2,1H3. The molecule has 0 saturated carbocycles. The molecule has 2 heteroatoms. The van der Waals surface area contributed by atoms with Gasteiger partial charge in [-0.15, -0.1) is 0 Å². The molecule has 2 aromatic carbocycles. The van der Waals surface area contributed by atoms with E-state index in [1.54, 1.807) is 12.1 Å². The van der Waals surface area contributed by atoms with Gasteiger partial charge in [0, 0.05) is 6.04 Å². The van der Waals surface area contributed by atoms with Gasteiger partial charge in [-0.05, 0) is 49.6 Å². The number of benzene rings is 2. The smallest absolute Gasteiger partial charge is 0.123 e. The molecular formula is C17H20FN. The van der Waals surface area contributed by atoms with E-state index in [-0.39, 0.29) is 5.82 Å². The first kappa shape index (κ1) is 13.8. The molecule has 0 aliphatic heterocycles. The second-order valence-corrected chi connectivity index (χ2v) is 4.92. The van der Waals surface area contributed by atoms with Crippen molar-refractivity contribution in [3.05, 3.63) is 71.5 Å². The van der Waals surface area contributed by atoms with Crippen LogP contribution in [-0.4, -0.2) is 12.6 Å². The molecular weight excluding hydrogens is 237 g/mol. The number of hydrogen-bond acceptors (Lipinski definition) is 1. The van der Waals surface area contributed by atoms with Crippen molar-refractivity contribution >= 4 is 0 Å².